The molecular weight excluding hydrogens is 300 g/mol. The number of hydrogen-bond donors (Lipinski definition) is 1. The summed E-state index contributed by atoms with van der Waals surface area (Å²) < 4.78 is 10.0. The van der Waals surface area contributed by atoms with E-state index in [9.17, 15) is 4.79 Å². The molecule has 1 aromatic heterocycles. The second-order valence-electron chi connectivity index (χ2n) is 3.66. The van der Waals surface area contributed by atoms with Gasteiger partial charge in [-0.05, 0) is 18.6 Å². The minimum Gasteiger partial charge on any atom is -0.480 e. The molecule has 18 heavy (non-hydrogen) atoms. The molecule has 0 saturated carbocycles. The van der Waals surface area contributed by atoms with Crippen LogP contribution in [0.4, 0.5) is 0 Å². The summed E-state index contributed by atoms with van der Waals surface area (Å²) in [6.07, 6.45) is 2.38. The van der Waals surface area contributed by atoms with Gasteiger partial charge in [-0.25, -0.2) is 4.98 Å². The third kappa shape index (κ3) is 4.62. The maximum absolute atomic E-state index is 11.9. The number of nitrogens with zero attached hydrogens (tertiary/aromatic N) is 1. The highest BCUT2D eigenvalue weighted by atomic mass is 79.9. The van der Waals surface area contributed by atoms with Gasteiger partial charge in [0.1, 0.15) is 5.56 Å². The van der Waals surface area contributed by atoms with Crippen LogP contribution in [0, 0.1) is 0 Å². The number of aromatic nitrogens is 1. The third-order valence-electron chi connectivity index (χ3n) is 2.30. The quantitative estimate of drug-likeness (QED) is 0.777. The summed E-state index contributed by atoms with van der Waals surface area (Å²) in [6.45, 7) is 1.18. The number of hydrogen-bond acceptors (Lipinski definition) is 4. The molecule has 0 aliphatic carbocycles. The summed E-state index contributed by atoms with van der Waals surface area (Å²) in [5.41, 5.74) is 0.442. The molecule has 0 saturated heterocycles. The zero-order valence-corrected chi connectivity index (χ0v) is 12.1. The molecule has 1 unspecified atom stereocenters. The lowest BCUT2D eigenvalue weighted by Crippen LogP contribution is -2.27. The number of amides is 1. The summed E-state index contributed by atoms with van der Waals surface area (Å²) in [4.78, 5) is 16.1. The molecule has 6 heteroatoms. The molecule has 0 radical (unpaired) electrons. The van der Waals surface area contributed by atoms with Gasteiger partial charge in [0.25, 0.3) is 5.91 Å². The van der Waals surface area contributed by atoms with Crippen LogP contribution in [0.2, 0.25) is 0 Å². The Labute approximate surface area is 115 Å². The van der Waals surface area contributed by atoms with Gasteiger partial charge in [-0.1, -0.05) is 15.9 Å². The van der Waals surface area contributed by atoms with Crippen LogP contribution in [-0.4, -0.2) is 43.1 Å². The van der Waals surface area contributed by atoms with E-state index in [0.29, 0.717) is 24.6 Å². The van der Waals surface area contributed by atoms with Crippen molar-refractivity contribution in [3.05, 3.63) is 23.9 Å². The average Bonchev–Trinajstić information content (AvgIpc) is 2.38. The Kier molecular flexibility index (Phi) is 6.67. The van der Waals surface area contributed by atoms with Crippen molar-refractivity contribution < 1.29 is 14.3 Å². The normalized spacial score (nSPS) is 11.9. The van der Waals surface area contributed by atoms with E-state index in [1.54, 1.807) is 25.4 Å². The number of methoxy groups -OCH3 is 2. The zero-order chi connectivity index (χ0) is 13.4. The van der Waals surface area contributed by atoms with E-state index in [4.69, 9.17) is 9.47 Å². The molecule has 1 aromatic rings. The van der Waals surface area contributed by atoms with Crippen LogP contribution in [0.1, 0.15) is 16.8 Å². The smallest absolute Gasteiger partial charge is 0.256 e. The molecule has 0 aromatic carbocycles. The van der Waals surface area contributed by atoms with Crippen LogP contribution in [0.5, 0.6) is 5.88 Å². The Bertz CT molecular complexity index is 387. The van der Waals surface area contributed by atoms with Gasteiger partial charge in [0.2, 0.25) is 5.88 Å². The summed E-state index contributed by atoms with van der Waals surface area (Å²) >= 11 is 3.46. The van der Waals surface area contributed by atoms with Gasteiger partial charge in [0.05, 0.1) is 13.7 Å². The van der Waals surface area contributed by atoms with Crippen molar-refractivity contribution in [1.29, 1.82) is 0 Å². The third-order valence-corrected chi connectivity index (χ3v) is 3.02. The minimum atomic E-state index is -0.183. The van der Waals surface area contributed by atoms with Crippen molar-refractivity contribution in [2.24, 2.45) is 0 Å². The molecule has 1 heterocycles. The number of nitrogens with one attached hydrogen (secondary N) is 1. The van der Waals surface area contributed by atoms with E-state index < -0.39 is 0 Å². The van der Waals surface area contributed by atoms with Gasteiger partial charge in [0, 0.05) is 24.7 Å². The standard InChI is InChI=1S/C12H17BrN2O3/c1-17-8-9(13)5-7-14-11(16)10-4-3-6-15-12(10)18-2/h3-4,6,9H,5,7-8H2,1-2H3,(H,14,16). The maximum Gasteiger partial charge on any atom is 0.256 e. The Morgan fingerprint density at radius 1 is 1.56 bits per heavy atom. The summed E-state index contributed by atoms with van der Waals surface area (Å²) in [6, 6.07) is 3.39. The van der Waals surface area contributed by atoms with Crippen LogP contribution in [0.25, 0.3) is 0 Å². The van der Waals surface area contributed by atoms with Gasteiger partial charge >= 0.3 is 0 Å². The molecule has 1 rings (SSSR count). The Balaban J connectivity index is 2.45. The molecule has 0 aliphatic heterocycles. The van der Waals surface area contributed by atoms with Gasteiger partial charge in [-0.3, -0.25) is 4.79 Å². The fourth-order valence-electron chi connectivity index (χ4n) is 1.43. The first-order chi connectivity index (χ1) is 8.69. The number of pyridine rings is 1. The highest BCUT2D eigenvalue weighted by molar-refractivity contribution is 9.09. The summed E-state index contributed by atoms with van der Waals surface area (Å²) in [7, 11) is 3.14. The molecule has 1 amide bonds. The minimum absolute atomic E-state index is 0.183. The van der Waals surface area contributed by atoms with E-state index in [-0.39, 0.29) is 10.7 Å². The molecule has 0 bridgehead atoms. The monoisotopic (exact) mass is 316 g/mol. The molecular formula is C12H17BrN2O3. The van der Waals surface area contributed by atoms with E-state index in [2.05, 4.69) is 26.2 Å². The van der Waals surface area contributed by atoms with E-state index in [1.807, 2.05) is 0 Å². The highest BCUT2D eigenvalue weighted by Gasteiger charge is 2.12. The van der Waals surface area contributed by atoms with Crippen molar-refractivity contribution in [3.63, 3.8) is 0 Å². The molecule has 1 atom stereocenters. The SMILES string of the molecule is COCC(Br)CCNC(=O)c1cccnc1OC. The van der Waals surface area contributed by atoms with Crippen molar-refractivity contribution >= 4 is 21.8 Å². The topological polar surface area (TPSA) is 60.5 Å². The lowest BCUT2D eigenvalue weighted by Gasteiger charge is -2.10. The number of rotatable bonds is 7. The number of carbonyl (C=O) groups is 1. The summed E-state index contributed by atoms with van der Waals surface area (Å²) in [5, 5.41) is 2.82. The van der Waals surface area contributed by atoms with Gasteiger partial charge in [-0.15, -0.1) is 0 Å². The van der Waals surface area contributed by atoms with Crippen molar-refractivity contribution in [2.45, 2.75) is 11.2 Å². The lowest BCUT2D eigenvalue weighted by molar-refractivity contribution is 0.0948. The second kappa shape index (κ2) is 8.05. The lowest BCUT2D eigenvalue weighted by atomic mass is 10.2. The van der Waals surface area contributed by atoms with Crippen LogP contribution in [0.3, 0.4) is 0 Å². The van der Waals surface area contributed by atoms with Gasteiger partial charge in [-0.2, -0.15) is 0 Å². The number of alkyl halides is 1. The van der Waals surface area contributed by atoms with Crippen LogP contribution in [-0.2, 0) is 4.74 Å². The predicted octanol–water partition coefficient (Wildman–Crippen LogP) is 1.62. The molecule has 0 spiro atoms. The van der Waals surface area contributed by atoms with E-state index in [0.717, 1.165) is 6.42 Å². The summed E-state index contributed by atoms with van der Waals surface area (Å²) in [5.74, 6) is 0.152. The van der Waals surface area contributed by atoms with Crippen molar-refractivity contribution in [1.82, 2.24) is 10.3 Å². The first-order valence-electron chi connectivity index (χ1n) is 5.59. The first-order valence-corrected chi connectivity index (χ1v) is 6.50. The number of ether oxygens (including phenoxy) is 2. The predicted molar refractivity (Wildman–Crippen MR) is 72.3 cm³/mol. The van der Waals surface area contributed by atoms with Crippen molar-refractivity contribution in [2.75, 3.05) is 27.4 Å². The highest BCUT2D eigenvalue weighted by Crippen LogP contribution is 2.13. The van der Waals surface area contributed by atoms with Crippen molar-refractivity contribution in [3.8, 4) is 5.88 Å². The van der Waals surface area contributed by atoms with Gasteiger partial charge < -0.3 is 14.8 Å². The Morgan fingerprint density at radius 2 is 2.33 bits per heavy atom. The molecule has 0 aliphatic rings. The zero-order valence-electron chi connectivity index (χ0n) is 10.5. The van der Waals surface area contributed by atoms with Gasteiger partial charge in [0.15, 0.2) is 0 Å². The van der Waals surface area contributed by atoms with Crippen LogP contribution >= 0.6 is 15.9 Å². The number of carbonyl (C=O) groups excluding carboxylic acids is 1. The maximum atomic E-state index is 11.9. The van der Waals surface area contributed by atoms with E-state index in [1.165, 1.54) is 7.11 Å². The Hall–Kier alpha value is -1.14. The molecule has 1 N–H and O–H groups in total. The average molecular weight is 317 g/mol. The Morgan fingerprint density at radius 3 is 3.00 bits per heavy atom. The largest absolute Gasteiger partial charge is 0.480 e. The van der Waals surface area contributed by atoms with E-state index >= 15 is 0 Å². The van der Waals surface area contributed by atoms with Crippen LogP contribution in [0.15, 0.2) is 18.3 Å². The fourth-order valence-corrected chi connectivity index (χ4v) is 1.92. The fraction of sp³-hybridized carbons (Fsp3) is 0.500. The number of halogens is 1. The molecule has 0 fully saturated rings. The first kappa shape index (κ1) is 14.9. The molecule has 100 valence electrons. The van der Waals surface area contributed by atoms with Crippen LogP contribution < -0.4 is 10.1 Å². The second-order valence-corrected chi connectivity index (χ2v) is 4.95. The molecule has 5 nitrogen and oxygen atoms in total.